The zero-order chi connectivity index (χ0) is 23.6. The van der Waals surface area contributed by atoms with Gasteiger partial charge in [-0.15, -0.1) is 0 Å². The van der Waals surface area contributed by atoms with Gasteiger partial charge in [-0.3, -0.25) is 10.0 Å². The summed E-state index contributed by atoms with van der Waals surface area (Å²) in [5, 5.41) is 17.2. The number of carbonyl (C=O) groups excluding carboxylic acids is 1. The average Bonchev–Trinajstić information content (AvgIpc) is 3.20. The van der Waals surface area contributed by atoms with Crippen LogP contribution in [0.1, 0.15) is 47.0 Å². The summed E-state index contributed by atoms with van der Waals surface area (Å²) in [6.07, 6.45) is 4.29. The van der Waals surface area contributed by atoms with E-state index < -0.39 is 10.0 Å². The number of nitrogens with one attached hydrogen (secondary N) is 2. The summed E-state index contributed by atoms with van der Waals surface area (Å²) in [5.41, 5.74) is 2.22. The van der Waals surface area contributed by atoms with Crippen LogP contribution >= 0.6 is 11.3 Å². The molecule has 0 spiro atoms. The first-order chi connectivity index (χ1) is 14.5. The Morgan fingerprint density at radius 1 is 1.32 bits per heavy atom. The quantitative estimate of drug-likeness (QED) is 0.322. The summed E-state index contributed by atoms with van der Waals surface area (Å²) in [6.45, 7) is 8.22. The molecule has 2 rings (SSSR count). The number of nitrogens with two attached hydrogens (primary N) is 1. The van der Waals surface area contributed by atoms with Crippen LogP contribution in [0.4, 0.5) is 5.13 Å². The molecule has 174 valence electrons. The number of ether oxygens (including phenoxy) is 1. The molecular weight excluding hydrogens is 440 g/mol. The molecule has 0 saturated heterocycles. The molecule has 2 atom stereocenters. The van der Waals surface area contributed by atoms with Crippen LogP contribution in [-0.2, 0) is 14.8 Å². The van der Waals surface area contributed by atoms with Crippen LogP contribution in [0.5, 0.6) is 5.75 Å². The molecule has 1 aromatic heterocycles. The van der Waals surface area contributed by atoms with E-state index in [4.69, 9.17) is 15.1 Å². The van der Waals surface area contributed by atoms with Crippen molar-refractivity contribution >= 4 is 32.4 Å². The van der Waals surface area contributed by atoms with Crippen molar-refractivity contribution in [1.82, 2.24) is 10.5 Å². The van der Waals surface area contributed by atoms with Crippen LogP contribution in [0.25, 0.3) is 10.4 Å². The summed E-state index contributed by atoms with van der Waals surface area (Å²) in [5.74, 6) is 0.534. The van der Waals surface area contributed by atoms with Gasteiger partial charge >= 0.3 is 0 Å². The minimum absolute atomic E-state index is 0.0273. The number of carbonyl (C=O) groups is 1. The molecule has 0 bridgehead atoms. The topological polar surface area (TPSA) is 144 Å². The second kappa shape index (κ2) is 12.6. The van der Waals surface area contributed by atoms with E-state index in [1.54, 1.807) is 25.3 Å². The molecule has 1 heterocycles. The average molecular weight is 473 g/mol. The number of hydroxylamine groups is 1. The number of amides is 1. The van der Waals surface area contributed by atoms with Crippen LogP contribution in [0, 0.1) is 5.92 Å². The molecule has 1 aromatic carbocycles. The van der Waals surface area contributed by atoms with Gasteiger partial charge in [0, 0.05) is 18.7 Å². The molecule has 0 saturated carbocycles. The van der Waals surface area contributed by atoms with Crippen LogP contribution in [0.15, 0.2) is 29.3 Å². The van der Waals surface area contributed by atoms with Gasteiger partial charge in [0.05, 0.1) is 12.0 Å². The highest BCUT2D eigenvalue weighted by Crippen LogP contribution is 2.34. The van der Waals surface area contributed by atoms with E-state index in [9.17, 15) is 13.2 Å². The molecule has 2 aromatic rings. The Hall–Kier alpha value is -2.21. The van der Waals surface area contributed by atoms with Crippen molar-refractivity contribution < 1.29 is 23.2 Å². The fraction of sp³-hybridized carbons (Fsp3) is 0.500. The van der Waals surface area contributed by atoms with Crippen molar-refractivity contribution in [3.63, 3.8) is 0 Å². The van der Waals surface area contributed by atoms with Gasteiger partial charge < -0.3 is 10.1 Å². The predicted octanol–water partition coefficient (Wildman–Crippen LogP) is 3.60. The van der Waals surface area contributed by atoms with E-state index in [-0.39, 0.29) is 16.6 Å². The number of hydrogen-bond donors (Lipinski definition) is 4. The van der Waals surface area contributed by atoms with Crippen LogP contribution in [0.2, 0.25) is 0 Å². The zero-order valence-electron chi connectivity index (χ0n) is 18.5. The highest BCUT2D eigenvalue weighted by atomic mass is 32.2. The number of hydrogen-bond acceptors (Lipinski definition) is 8. The van der Waals surface area contributed by atoms with Crippen molar-refractivity contribution in [3.8, 4) is 16.2 Å². The standard InChI is InChI=1S/C17H25N3O3S2.C3H7NO2/c1-5-11(2)8-12(3)20-17-19-10-15(24-17)13-6-7-14(23-4)16(9-13)25(18,21)22;1-2-3(5)4-6/h6-7,9-12H,5,8H2,1-4H3,(H,19,20)(H2,18,21,22);6H,2H2,1H3,(H,4,5). The van der Waals surface area contributed by atoms with E-state index in [0.717, 1.165) is 28.4 Å². The summed E-state index contributed by atoms with van der Waals surface area (Å²) in [6, 6.07) is 5.25. The van der Waals surface area contributed by atoms with Crippen molar-refractivity contribution in [2.75, 3.05) is 12.4 Å². The molecule has 11 heteroatoms. The molecule has 0 radical (unpaired) electrons. The van der Waals surface area contributed by atoms with Gasteiger partial charge in [0.25, 0.3) is 0 Å². The minimum Gasteiger partial charge on any atom is -0.495 e. The Balaban J connectivity index is 0.000000703. The third-order valence-corrected chi connectivity index (χ3v) is 6.44. The monoisotopic (exact) mass is 472 g/mol. The lowest BCUT2D eigenvalue weighted by molar-refractivity contribution is -0.128. The van der Waals surface area contributed by atoms with Gasteiger partial charge in [-0.1, -0.05) is 38.5 Å². The van der Waals surface area contributed by atoms with Gasteiger partial charge in [-0.25, -0.2) is 24.0 Å². The summed E-state index contributed by atoms with van der Waals surface area (Å²) < 4.78 is 28.6. The molecule has 1 amide bonds. The van der Waals surface area contributed by atoms with Gasteiger partial charge in [0.1, 0.15) is 10.6 Å². The maximum absolute atomic E-state index is 11.8. The van der Waals surface area contributed by atoms with Crippen LogP contribution < -0.4 is 20.7 Å². The summed E-state index contributed by atoms with van der Waals surface area (Å²) in [7, 11) is -2.45. The first kappa shape index (κ1) is 26.8. The molecule has 2 unspecified atom stereocenters. The lowest BCUT2D eigenvalue weighted by Gasteiger charge is -2.16. The van der Waals surface area contributed by atoms with Gasteiger partial charge in [-0.05, 0) is 43.0 Å². The molecule has 0 aliphatic carbocycles. The Kier molecular flexibility index (Phi) is 10.9. The first-order valence-corrected chi connectivity index (χ1v) is 12.3. The van der Waals surface area contributed by atoms with Gasteiger partial charge in [0.2, 0.25) is 15.9 Å². The molecule has 9 nitrogen and oxygen atoms in total. The Labute approximate surface area is 188 Å². The molecule has 0 aliphatic heterocycles. The largest absolute Gasteiger partial charge is 0.495 e. The number of benzene rings is 1. The number of thiazole rings is 1. The summed E-state index contributed by atoms with van der Waals surface area (Å²) >= 11 is 1.48. The maximum atomic E-state index is 11.8. The van der Waals surface area contributed by atoms with E-state index in [2.05, 4.69) is 31.1 Å². The van der Waals surface area contributed by atoms with Crippen molar-refractivity contribution in [2.45, 2.75) is 57.9 Å². The molecule has 31 heavy (non-hydrogen) atoms. The Bertz CT molecular complexity index is 941. The van der Waals surface area contributed by atoms with Crippen molar-refractivity contribution in [1.29, 1.82) is 0 Å². The van der Waals surface area contributed by atoms with Gasteiger partial charge in [0.15, 0.2) is 5.13 Å². The van der Waals surface area contributed by atoms with E-state index in [0.29, 0.717) is 18.4 Å². The zero-order valence-corrected chi connectivity index (χ0v) is 20.1. The fourth-order valence-corrected chi connectivity index (χ4v) is 4.29. The Morgan fingerprint density at radius 2 is 2.00 bits per heavy atom. The minimum atomic E-state index is -3.86. The molecular formula is C20H32N4O5S2. The number of sulfonamides is 1. The normalized spacial score (nSPS) is 12.9. The second-order valence-electron chi connectivity index (χ2n) is 7.12. The number of anilines is 1. The van der Waals surface area contributed by atoms with E-state index in [1.807, 2.05) is 0 Å². The predicted molar refractivity (Wildman–Crippen MR) is 123 cm³/mol. The van der Waals surface area contributed by atoms with E-state index in [1.165, 1.54) is 30.0 Å². The molecule has 0 aliphatic rings. The summed E-state index contributed by atoms with van der Waals surface area (Å²) in [4.78, 5) is 15.1. The third-order valence-electron chi connectivity index (χ3n) is 4.53. The van der Waals surface area contributed by atoms with Gasteiger partial charge in [-0.2, -0.15) is 0 Å². The smallest absolute Gasteiger partial charge is 0.243 e. The highest BCUT2D eigenvalue weighted by molar-refractivity contribution is 7.89. The number of nitrogens with zero attached hydrogens (tertiary/aromatic N) is 1. The van der Waals surface area contributed by atoms with Crippen molar-refractivity contribution in [2.24, 2.45) is 11.1 Å². The highest BCUT2D eigenvalue weighted by Gasteiger charge is 2.17. The lowest BCUT2D eigenvalue weighted by atomic mass is 10.0. The number of methoxy groups -OCH3 is 1. The second-order valence-corrected chi connectivity index (χ2v) is 9.68. The SMILES string of the molecule is CCC(=O)NO.CCC(C)CC(C)Nc1ncc(-c2ccc(OC)c(S(N)(=O)=O)c2)s1. The molecule has 5 N–H and O–H groups in total. The third kappa shape index (κ3) is 8.82. The lowest BCUT2D eigenvalue weighted by Crippen LogP contribution is -2.17. The number of rotatable bonds is 9. The first-order valence-electron chi connectivity index (χ1n) is 9.92. The Morgan fingerprint density at radius 3 is 2.48 bits per heavy atom. The van der Waals surface area contributed by atoms with Crippen LogP contribution in [-0.4, -0.2) is 37.7 Å². The number of primary sulfonamides is 1. The van der Waals surface area contributed by atoms with Crippen molar-refractivity contribution in [3.05, 3.63) is 24.4 Å². The number of aromatic nitrogens is 1. The van der Waals surface area contributed by atoms with E-state index >= 15 is 0 Å². The van der Waals surface area contributed by atoms with Crippen LogP contribution in [0.3, 0.4) is 0 Å². The fourth-order valence-electron chi connectivity index (χ4n) is 2.65. The molecule has 0 fully saturated rings. The maximum Gasteiger partial charge on any atom is 0.243 e.